The third-order valence-electron chi connectivity index (χ3n) is 2.94. The smallest absolute Gasteiger partial charge is 0.313 e. The van der Waals surface area contributed by atoms with Crippen LogP contribution in [0.25, 0.3) is 0 Å². The number of hydrogen-bond donors (Lipinski definition) is 0. The Morgan fingerprint density at radius 1 is 1.44 bits per heavy atom. The van der Waals surface area contributed by atoms with E-state index in [2.05, 4.69) is 6.58 Å². The van der Waals surface area contributed by atoms with E-state index in [1.165, 1.54) is 12.8 Å². The molecule has 2 nitrogen and oxygen atoms in total. The monoisotopic (exact) mass is 240 g/mol. The van der Waals surface area contributed by atoms with Gasteiger partial charge in [0.15, 0.2) is 0 Å². The molecule has 0 spiro atoms. The molecule has 1 rings (SSSR count). The first kappa shape index (κ1) is 13.4. The van der Waals surface area contributed by atoms with Gasteiger partial charge in [-0.25, -0.2) is 0 Å². The molecular formula is C13H20O2S. The van der Waals surface area contributed by atoms with Crippen LogP contribution < -0.4 is 0 Å². The van der Waals surface area contributed by atoms with Gasteiger partial charge in [-0.3, -0.25) is 4.79 Å². The van der Waals surface area contributed by atoms with E-state index in [4.69, 9.17) is 17.0 Å². The van der Waals surface area contributed by atoms with Crippen LogP contribution in [0.5, 0.6) is 0 Å². The van der Waals surface area contributed by atoms with Gasteiger partial charge in [0.2, 0.25) is 0 Å². The number of thiocarbonyl (C=S) groups is 1. The molecule has 0 aliphatic heterocycles. The summed E-state index contributed by atoms with van der Waals surface area (Å²) in [6.07, 6.45) is 6.54. The van der Waals surface area contributed by atoms with Gasteiger partial charge in [0.1, 0.15) is 6.61 Å². The van der Waals surface area contributed by atoms with Crippen molar-refractivity contribution in [2.24, 2.45) is 5.92 Å². The van der Waals surface area contributed by atoms with E-state index in [1.54, 1.807) is 6.92 Å². The molecule has 0 radical (unpaired) electrons. The topological polar surface area (TPSA) is 26.3 Å². The van der Waals surface area contributed by atoms with Gasteiger partial charge in [-0.15, -0.1) is 0 Å². The summed E-state index contributed by atoms with van der Waals surface area (Å²) in [4.78, 5) is 12.5. The maximum Gasteiger partial charge on any atom is 0.313 e. The van der Waals surface area contributed by atoms with E-state index < -0.39 is 0 Å². The van der Waals surface area contributed by atoms with Crippen molar-refractivity contribution in [3.05, 3.63) is 12.2 Å². The Morgan fingerprint density at radius 2 is 2.12 bits per heavy atom. The molecule has 1 saturated carbocycles. The first-order valence-corrected chi connectivity index (χ1v) is 6.36. The highest BCUT2D eigenvalue weighted by Crippen LogP contribution is 2.27. The average Bonchev–Trinajstić information content (AvgIpc) is 2.20. The normalized spacial score (nSPS) is 22.1. The Hall–Kier alpha value is -0.700. The summed E-state index contributed by atoms with van der Waals surface area (Å²) in [6.45, 7) is 6.06. The second-order valence-electron chi connectivity index (χ2n) is 4.47. The minimum absolute atomic E-state index is 0.102. The van der Waals surface area contributed by atoms with Gasteiger partial charge in [-0.05, 0) is 26.2 Å². The number of rotatable bonds is 3. The minimum atomic E-state index is -0.142. The first-order chi connectivity index (χ1) is 7.61. The Bertz CT molecular complexity index is 284. The van der Waals surface area contributed by atoms with Gasteiger partial charge in [0, 0.05) is 4.86 Å². The molecule has 0 aromatic heterocycles. The molecule has 0 bridgehead atoms. The lowest BCUT2D eigenvalue weighted by atomic mass is 9.87. The SMILES string of the molecule is C=C1CCCCCCC1C(=O)OCC(C)=S. The van der Waals surface area contributed by atoms with Crippen LogP contribution in [0.4, 0.5) is 0 Å². The van der Waals surface area contributed by atoms with Gasteiger partial charge in [-0.2, -0.15) is 0 Å². The van der Waals surface area contributed by atoms with Gasteiger partial charge in [0.25, 0.3) is 0 Å². The molecule has 1 fully saturated rings. The van der Waals surface area contributed by atoms with Crippen LogP contribution in [0.15, 0.2) is 12.2 Å². The molecule has 1 atom stereocenters. The highest BCUT2D eigenvalue weighted by atomic mass is 32.1. The quantitative estimate of drug-likeness (QED) is 0.429. The molecule has 0 saturated heterocycles. The summed E-state index contributed by atoms with van der Waals surface area (Å²) in [5, 5.41) is 0. The largest absolute Gasteiger partial charge is 0.460 e. The van der Waals surface area contributed by atoms with Crippen molar-refractivity contribution in [1.29, 1.82) is 0 Å². The molecule has 1 aliphatic rings. The lowest BCUT2D eigenvalue weighted by Gasteiger charge is -2.20. The molecule has 1 unspecified atom stereocenters. The highest BCUT2D eigenvalue weighted by molar-refractivity contribution is 7.80. The number of carbonyl (C=O) groups is 1. The van der Waals surface area contributed by atoms with E-state index in [0.29, 0.717) is 4.86 Å². The molecule has 1 aliphatic carbocycles. The van der Waals surface area contributed by atoms with Crippen molar-refractivity contribution in [1.82, 2.24) is 0 Å². The predicted octanol–water partition coefficient (Wildman–Crippen LogP) is 3.45. The minimum Gasteiger partial charge on any atom is -0.460 e. The Balaban J connectivity index is 2.49. The lowest BCUT2D eigenvalue weighted by molar-refractivity contribution is -0.145. The third kappa shape index (κ3) is 4.44. The van der Waals surface area contributed by atoms with Gasteiger partial charge in [-0.1, -0.05) is 43.6 Å². The Labute approximate surface area is 103 Å². The summed E-state index contributed by atoms with van der Waals surface area (Å²) in [5.74, 6) is -0.245. The molecular weight excluding hydrogens is 220 g/mol. The predicted molar refractivity (Wildman–Crippen MR) is 69.6 cm³/mol. The summed E-state index contributed by atoms with van der Waals surface area (Å²) >= 11 is 4.89. The van der Waals surface area contributed by atoms with Crippen molar-refractivity contribution in [3.8, 4) is 0 Å². The van der Waals surface area contributed by atoms with Crippen LogP contribution in [0.3, 0.4) is 0 Å². The zero-order valence-corrected chi connectivity index (χ0v) is 10.8. The maximum absolute atomic E-state index is 11.8. The van der Waals surface area contributed by atoms with Crippen molar-refractivity contribution < 1.29 is 9.53 Å². The first-order valence-electron chi connectivity index (χ1n) is 5.95. The number of esters is 1. The van der Waals surface area contributed by atoms with E-state index >= 15 is 0 Å². The second-order valence-corrected chi connectivity index (χ2v) is 5.17. The lowest BCUT2D eigenvalue weighted by Crippen LogP contribution is -2.22. The molecule has 3 heteroatoms. The van der Waals surface area contributed by atoms with E-state index in [1.807, 2.05) is 0 Å². The zero-order chi connectivity index (χ0) is 12.0. The van der Waals surface area contributed by atoms with Crippen molar-refractivity contribution in [2.75, 3.05) is 6.61 Å². The van der Waals surface area contributed by atoms with Crippen molar-refractivity contribution >= 4 is 23.1 Å². The van der Waals surface area contributed by atoms with Crippen molar-refractivity contribution in [2.45, 2.75) is 45.4 Å². The zero-order valence-electron chi connectivity index (χ0n) is 9.96. The van der Waals surface area contributed by atoms with Crippen LogP contribution in [0.2, 0.25) is 0 Å². The third-order valence-corrected chi connectivity index (χ3v) is 3.05. The molecule has 16 heavy (non-hydrogen) atoms. The van der Waals surface area contributed by atoms with E-state index in [9.17, 15) is 4.79 Å². The van der Waals surface area contributed by atoms with Crippen molar-refractivity contribution in [3.63, 3.8) is 0 Å². The van der Waals surface area contributed by atoms with Gasteiger partial charge < -0.3 is 4.74 Å². The maximum atomic E-state index is 11.8. The fourth-order valence-electron chi connectivity index (χ4n) is 1.99. The van der Waals surface area contributed by atoms with Crippen LogP contribution in [-0.4, -0.2) is 17.4 Å². The van der Waals surface area contributed by atoms with Crippen LogP contribution in [-0.2, 0) is 9.53 Å². The van der Waals surface area contributed by atoms with Crippen LogP contribution in [0, 0.1) is 5.92 Å². The fraction of sp³-hybridized carbons (Fsp3) is 0.692. The molecule has 0 heterocycles. The highest BCUT2D eigenvalue weighted by Gasteiger charge is 2.23. The Kier molecular flexibility index (Phi) is 5.67. The molecule has 90 valence electrons. The standard InChI is InChI=1S/C13H20O2S/c1-10-7-5-3-4-6-8-12(10)13(14)15-9-11(2)16/h12H,1,3-9H2,2H3. The fourth-order valence-corrected chi connectivity index (χ4v) is 2.05. The summed E-state index contributed by atoms with van der Waals surface area (Å²) in [6, 6.07) is 0. The molecule has 0 amide bonds. The number of carbonyl (C=O) groups excluding carboxylic acids is 1. The molecule has 0 aromatic rings. The Morgan fingerprint density at radius 3 is 2.81 bits per heavy atom. The molecule has 0 aromatic carbocycles. The van der Waals surface area contributed by atoms with Gasteiger partial charge in [0.05, 0.1) is 5.92 Å². The van der Waals surface area contributed by atoms with E-state index in [0.717, 1.165) is 31.3 Å². The summed E-state index contributed by atoms with van der Waals surface area (Å²) in [7, 11) is 0. The number of hydrogen-bond acceptors (Lipinski definition) is 3. The van der Waals surface area contributed by atoms with Gasteiger partial charge >= 0.3 is 5.97 Å². The average molecular weight is 240 g/mol. The number of ether oxygens (including phenoxy) is 1. The summed E-state index contributed by atoms with van der Waals surface area (Å²) in [5.41, 5.74) is 1.03. The molecule has 0 N–H and O–H groups in total. The van der Waals surface area contributed by atoms with E-state index in [-0.39, 0.29) is 18.5 Å². The second kappa shape index (κ2) is 6.79. The van der Waals surface area contributed by atoms with Crippen LogP contribution >= 0.6 is 12.2 Å². The summed E-state index contributed by atoms with van der Waals surface area (Å²) < 4.78 is 5.17. The van der Waals surface area contributed by atoms with Crippen LogP contribution in [0.1, 0.15) is 45.4 Å².